The fourth-order valence-electron chi connectivity index (χ4n) is 3.36. The van der Waals surface area contributed by atoms with Crippen molar-refractivity contribution in [2.75, 3.05) is 5.73 Å². The van der Waals surface area contributed by atoms with Crippen LogP contribution in [0, 0.1) is 0 Å². The highest BCUT2D eigenvalue weighted by molar-refractivity contribution is 6.12. The van der Waals surface area contributed by atoms with Gasteiger partial charge in [-0.15, -0.1) is 0 Å². The number of anilines is 1. The molecule has 1 aliphatic rings. The maximum Gasteiger partial charge on any atom is 0.143 e. The Morgan fingerprint density at radius 2 is 1.95 bits per heavy atom. The van der Waals surface area contributed by atoms with Crippen molar-refractivity contribution in [3.63, 3.8) is 0 Å². The van der Waals surface area contributed by atoms with Gasteiger partial charge in [-0.2, -0.15) is 0 Å². The van der Waals surface area contributed by atoms with Crippen LogP contribution in [0.2, 0.25) is 0 Å². The summed E-state index contributed by atoms with van der Waals surface area (Å²) in [6, 6.07) is 8.42. The molecule has 2 aromatic heterocycles. The van der Waals surface area contributed by atoms with E-state index in [1.165, 1.54) is 35.0 Å². The molecular formula is C16H17N3. The number of hydrogen-bond donors (Lipinski definition) is 1. The maximum absolute atomic E-state index is 6.47. The number of nitrogens with zero attached hydrogens (tertiary/aromatic N) is 2. The average molecular weight is 251 g/mol. The molecule has 1 aliphatic carbocycles. The van der Waals surface area contributed by atoms with Crippen LogP contribution < -0.4 is 5.73 Å². The van der Waals surface area contributed by atoms with E-state index in [1.54, 1.807) is 0 Å². The van der Waals surface area contributed by atoms with Crippen molar-refractivity contribution in [1.29, 1.82) is 0 Å². The Kier molecular flexibility index (Phi) is 2.13. The van der Waals surface area contributed by atoms with Gasteiger partial charge in [-0.3, -0.25) is 0 Å². The Morgan fingerprint density at radius 3 is 2.84 bits per heavy atom. The molecule has 19 heavy (non-hydrogen) atoms. The molecule has 0 spiro atoms. The van der Waals surface area contributed by atoms with E-state index < -0.39 is 0 Å². The molecule has 0 fully saturated rings. The summed E-state index contributed by atoms with van der Waals surface area (Å²) in [4.78, 5) is 4.90. The quantitative estimate of drug-likeness (QED) is 0.667. The fraction of sp³-hybridized carbons (Fsp3) is 0.312. The number of nitrogen functional groups attached to an aromatic ring is 1. The molecule has 0 atom stereocenters. The van der Waals surface area contributed by atoms with E-state index in [2.05, 4.69) is 35.9 Å². The Bertz CT molecular complexity index is 799. The number of para-hydroxylation sites is 1. The van der Waals surface area contributed by atoms with Crippen LogP contribution in [0.15, 0.2) is 24.3 Å². The SMILES string of the molecule is Cn1c2ccccc2c2c(N)c3c(nc21)CCCC3. The largest absolute Gasteiger partial charge is 0.398 e. The van der Waals surface area contributed by atoms with Crippen molar-refractivity contribution < 1.29 is 0 Å². The van der Waals surface area contributed by atoms with Crippen molar-refractivity contribution in [2.24, 2.45) is 7.05 Å². The number of rotatable bonds is 0. The number of aryl methyl sites for hydroxylation is 2. The zero-order chi connectivity index (χ0) is 13.0. The molecule has 4 rings (SSSR count). The van der Waals surface area contributed by atoms with Crippen LogP contribution >= 0.6 is 0 Å². The summed E-state index contributed by atoms with van der Waals surface area (Å²) in [6.45, 7) is 0. The minimum absolute atomic E-state index is 0.955. The second kappa shape index (κ2) is 3.73. The molecule has 3 nitrogen and oxygen atoms in total. The number of pyridine rings is 1. The molecule has 2 heterocycles. The summed E-state index contributed by atoms with van der Waals surface area (Å²) >= 11 is 0. The molecule has 0 amide bonds. The van der Waals surface area contributed by atoms with Gasteiger partial charge in [-0.25, -0.2) is 4.98 Å². The standard InChI is InChI=1S/C16H17N3/c1-19-13-9-5-3-7-11(13)14-15(17)10-6-2-4-8-12(10)18-16(14)19/h3,5,7,9H,2,4,6,8H2,1H3,(H2,17,18). The van der Waals surface area contributed by atoms with Crippen molar-refractivity contribution in [3.8, 4) is 0 Å². The van der Waals surface area contributed by atoms with Gasteiger partial charge in [0.05, 0.1) is 10.9 Å². The minimum atomic E-state index is 0.955. The van der Waals surface area contributed by atoms with Crippen LogP contribution in [0.1, 0.15) is 24.1 Å². The topological polar surface area (TPSA) is 43.8 Å². The smallest absolute Gasteiger partial charge is 0.143 e. The molecule has 0 aliphatic heterocycles. The van der Waals surface area contributed by atoms with Gasteiger partial charge in [-0.1, -0.05) is 18.2 Å². The zero-order valence-electron chi connectivity index (χ0n) is 11.1. The number of benzene rings is 1. The third kappa shape index (κ3) is 1.35. The van der Waals surface area contributed by atoms with Crippen LogP contribution in [0.3, 0.4) is 0 Å². The van der Waals surface area contributed by atoms with Crippen LogP contribution in [0.5, 0.6) is 0 Å². The number of aromatic nitrogens is 2. The first-order valence-corrected chi connectivity index (χ1v) is 6.91. The molecule has 0 bridgehead atoms. The van der Waals surface area contributed by atoms with Gasteiger partial charge < -0.3 is 10.3 Å². The summed E-state index contributed by atoms with van der Waals surface area (Å²) in [5, 5.41) is 2.36. The molecule has 0 radical (unpaired) electrons. The zero-order valence-corrected chi connectivity index (χ0v) is 11.1. The van der Waals surface area contributed by atoms with Crippen LogP contribution in [0.4, 0.5) is 5.69 Å². The van der Waals surface area contributed by atoms with E-state index >= 15 is 0 Å². The van der Waals surface area contributed by atoms with Gasteiger partial charge in [0.1, 0.15) is 5.65 Å². The van der Waals surface area contributed by atoms with Crippen molar-refractivity contribution in [1.82, 2.24) is 9.55 Å². The Labute approximate surface area is 112 Å². The van der Waals surface area contributed by atoms with E-state index in [4.69, 9.17) is 10.7 Å². The first kappa shape index (κ1) is 10.9. The van der Waals surface area contributed by atoms with Crippen molar-refractivity contribution >= 4 is 27.6 Å². The van der Waals surface area contributed by atoms with Crippen molar-refractivity contribution in [2.45, 2.75) is 25.7 Å². The third-order valence-corrected chi connectivity index (χ3v) is 4.35. The second-order valence-corrected chi connectivity index (χ2v) is 5.43. The number of nitrogens with two attached hydrogens (primary N) is 1. The Morgan fingerprint density at radius 1 is 1.16 bits per heavy atom. The maximum atomic E-state index is 6.47. The average Bonchev–Trinajstić information content (AvgIpc) is 2.74. The molecule has 3 heteroatoms. The highest BCUT2D eigenvalue weighted by Crippen LogP contribution is 2.36. The van der Waals surface area contributed by atoms with Crippen molar-refractivity contribution in [3.05, 3.63) is 35.5 Å². The van der Waals surface area contributed by atoms with Crippen LogP contribution in [-0.4, -0.2) is 9.55 Å². The fourth-order valence-corrected chi connectivity index (χ4v) is 3.36. The monoisotopic (exact) mass is 251 g/mol. The van der Waals surface area contributed by atoms with Gasteiger partial charge >= 0.3 is 0 Å². The molecular weight excluding hydrogens is 234 g/mol. The predicted octanol–water partition coefficient (Wildman–Crippen LogP) is 3.19. The molecule has 0 saturated heterocycles. The first-order valence-electron chi connectivity index (χ1n) is 6.91. The van der Waals surface area contributed by atoms with Crippen LogP contribution in [-0.2, 0) is 19.9 Å². The lowest BCUT2D eigenvalue weighted by Gasteiger charge is -2.17. The van der Waals surface area contributed by atoms with Gasteiger partial charge in [0.15, 0.2) is 0 Å². The lowest BCUT2D eigenvalue weighted by atomic mass is 9.93. The third-order valence-electron chi connectivity index (χ3n) is 4.35. The molecule has 2 N–H and O–H groups in total. The molecule has 96 valence electrons. The normalized spacial score (nSPS) is 15.0. The summed E-state index contributed by atoms with van der Waals surface area (Å²) in [5.41, 5.74) is 12.2. The Balaban J connectivity index is 2.23. The Hall–Kier alpha value is -2.03. The molecule has 1 aromatic carbocycles. The number of fused-ring (bicyclic) bond motifs is 4. The molecule has 0 unspecified atom stereocenters. The number of hydrogen-bond acceptors (Lipinski definition) is 2. The highest BCUT2D eigenvalue weighted by Gasteiger charge is 2.20. The van der Waals surface area contributed by atoms with E-state index in [9.17, 15) is 0 Å². The summed E-state index contributed by atoms with van der Waals surface area (Å²) in [5.74, 6) is 0. The van der Waals surface area contributed by atoms with E-state index in [1.807, 2.05) is 0 Å². The second-order valence-electron chi connectivity index (χ2n) is 5.43. The first-order chi connectivity index (χ1) is 9.27. The van der Waals surface area contributed by atoms with Crippen LogP contribution in [0.25, 0.3) is 21.9 Å². The summed E-state index contributed by atoms with van der Waals surface area (Å²) in [6.07, 6.45) is 4.61. The lowest BCUT2D eigenvalue weighted by molar-refractivity contribution is 0.671. The van der Waals surface area contributed by atoms with E-state index in [0.717, 1.165) is 29.6 Å². The van der Waals surface area contributed by atoms with E-state index in [-0.39, 0.29) is 0 Å². The predicted molar refractivity (Wildman–Crippen MR) is 79.3 cm³/mol. The van der Waals surface area contributed by atoms with Gasteiger partial charge in [0.2, 0.25) is 0 Å². The summed E-state index contributed by atoms with van der Waals surface area (Å²) in [7, 11) is 2.08. The van der Waals surface area contributed by atoms with E-state index in [0.29, 0.717) is 0 Å². The lowest BCUT2D eigenvalue weighted by Crippen LogP contribution is -2.09. The van der Waals surface area contributed by atoms with Gasteiger partial charge in [-0.05, 0) is 37.3 Å². The van der Waals surface area contributed by atoms with Gasteiger partial charge in [0.25, 0.3) is 0 Å². The molecule has 0 saturated carbocycles. The minimum Gasteiger partial charge on any atom is -0.398 e. The van der Waals surface area contributed by atoms with Gasteiger partial charge in [0, 0.05) is 23.8 Å². The molecule has 3 aromatic rings. The highest BCUT2D eigenvalue weighted by atomic mass is 15.0. The summed E-state index contributed by atoms with van der Waals surface area (Å²) < 4.78 is 2.16.